The standard InChI is InChI=1S/C14H26N6O/c1-6-14(2,3)19(5)12-16-11(15-4)17-13(18-12)20-7-9-21-10-8-20/h6-10H2,1-5H3,(H,15,16,17,18). The molecule has 21 heavy (non-hydrogen) atoms. The molecule has 2 rings (SSSR count). The average Bonchev–Trinajstić information content (AvgIpc) is 2.54. The van der Waals surface area contributed by atoms with Gasteiger partial charge in [0, 0.05) is 32.7 Å². The van der Waals surface area contributed by atoms with Crippen LogP contribution < -0.4 is 15.1 Å². The SMILES string of the molecule is CCC(C)(C)N(C)c1nc(NC)nc(N2CCOCC2)n1. The smallest absolute Gasteiger partial charge is 0.232 e. The fraction of sp³-hybridized carbons (Fsp3) is 0.786. The van der Waals surface area contributed by atoms with E-state index in [2.05, 4.69) is 50.8 Å². The van der Waals surface area contributed by atoms with Crippen LogP contribution in [0.5, 0.6) is 0 Å². The summed E-state index contributed by atoms with van der Waals surface area (Å²) in [6, 6.07) is 0. The first-order chi connectivity index (χ1) is 9.97. The van der Waals surface area contributed by atoms with Crippen LogP contribution in [0, 0.1) is 0 Å². The van der Waals surface area contributed by atoms with Gasteiger partial charge in [-0.15, -0.1) is 0 Å². The number of nitrogens with zero attached hydrogens (tertiary/aromatic N) is 5. The Labute approximate surface area is 126 Å². The van der Waals surface area contributed by atoms with Crippen LogP contribution in [0.4, 0.5) is 17.8 Å². The Morgan fingerprint density at radius 2 is 1.90 bits per heavy atom. The van der Waals surface area contributed by atoms with Gasteiger partial charge in [0.1, 0.15) is 0 Å². The summed E-state index contributed by atoms with van der Waals surface area (Å²) in [5.41, 5.74) is -0.00531. The fourth-order valence-corrected chi connectivity index (χ4v) is 2.03. The summed E-state index contributed by atoms with van der Waals surface area (Å²) in [4.78, 5) is 17.9. The molecule has 0 spiro atoms. The minimum absolute atomic E-state index is 0.00531. The van der Waals surface area contributed by atoms with Crippen molar-refractivity contribution in [2.75, 3.05) is 55.5 Å². The molecule has 0 amide bonds. The summed E-state index contributed by atoms with van der Waals surface area (Å²) in [6.07, 6.45) is 1.01. The molecule has 0 radical (unpaired) electrons. The van der Waals surface area contributed by atoms with Gasteiger partial charge in [-0.2, -0.15) is 15.0 Å². The van der Waals surface area contributed by atoms with Crippen molar-refractivity contribution in [3.8, 4) is 0 Å². The van der Waals surface area contributed by atoms with Crippen molar-refractivity contribution in [1.29, 1.82) is 0 Å². The predicted octanol–water partition coefficient (Wildman–Crippen LogP) is 1.37. The molecule has 0 unspecified atom stereocenters. The van der Waals surface area contributed by atoms with Crippen LogP contribution in [0.25, 0.3) is 0 Å². The lowest BCUT2D eigenvalue weighted by Gasteiger charge is -2.35. The van der Waals surface area contributed by atoms with Gasteiger partial charge < -0.3 is 19.9 Å². The molecular formula is C14H26N6O. The first kappa shape index (κ1) is 15.8. The van der Waals surface area contributed by atoms with Crippen molar-refractivity contribution in [3.05, 3.63) is 0 Å². The minimum atomic E-state index is -0.00531. The maximum atomic E-state index is 5.39. The van der Waals surface area contributed by atoms with Gasteiger partial charge in [0.05, 0.1) is 13.2 Å². The van der Waals surface area contributed by atoms with Gasteiger partial charge >= 0.3 is 0 Å². The van der Waals surface area contributed by atoms with E-state index in [1.807, 2.05) is 14.1 Å². The van der Waals surface area contributed by atoms with Crippen molar-refractivity contribution in [2.45, 2.75) is 32.7 Å². The zero-order valence-electron chi connectivity index (χ0n) is 13.7. The highest BCUT2D eigenvalue weighted by Gasteiger charge is 2.25. The van der Waals surface area contributed by atoms with E-state index in [0.29, 0.717) is 31.1 Å². The number of anilines is 3. The van der Waals surface area contributed by atoms with Crippen LogP contribution in [0.3, 0.4) is 0 Å². The van der Waals surface area contributed by atoms with E-state index in [1.165, 1.54) is 0 Å². The molecule has 7 heteroatoms. The van der Waals surface area contributed by atoms with E-state index < -0.39 is 0 Å². The quantitative estimate of drug-likeness (QED) is 0.880. The van der Waals surface area contributed by atoms with Crippen molar-refractivity contribution in [3.63, 3.8) is 0 Å². The van der Waals surface area contributed by atoms with Crippen LogP contribution in [0.15, 0.2) is 0 Å². The molecule has 0 saturated carbocycles. The van der Waals surface area contributed by atoms with Gasteiger partial charge in [-0.1, -0.05) is 6.92 Å². The third-order valence-electron chi connectivity index (χ3n) is 4.20. The van der Waals surface area contributed by atoms with E-state index in [4.69, 9.17) is 4.74 Å². The second-order valence-electron chi connectivity index (χ2n) is 5.83. The van der Waals surface area contributed by atoms with Crippen LogP contribution in [0.2, 0.25) is 0 Å². The van der Waals surface area contributed by atoms with Gasteiger partial charge in [0.2, 0.25) is 17.8 Å². The lowest BCUT2D eigenvalue weighted by molar-refractivity contribution is 0.122. The molecule has 1 aliphatic heterocycles. The first-order valence-electron chi connectivity index (χ1n) is 7.48. The Balaban J connectivity index is 2.33. The Morgan fingerprint density at radius 3 is 2.48 bits per heavy atom. The minimum Gasteiger partial charge on any atom is -0.378 e. The fourth-order valence-electron chi connectivity index (χ4n) is 2.03. The van der Waals surface area contributed by atoms with Crippen LogP contribution >= 0.6 is 0 Å². The first-order valence-corrected chi connectivity index (χ1v) is 7.48. The van der Waals surface area contributed by atoms with Gasteiger partial charge in [-0.3, -0.25) is 0 Å². The van der Waals surface area contributed by atoms with E-state index in [0.717, 1.165) is 19.5 Å². The maximum absolute atomic E-state index is 5.39. The third kappa shape index (κ3) is 3.53. The van der Waals surface area contributed by atoms with Crippen LogP contribution in [-0.2, 0) is 4.74 Å². The van der Waals surface area contributed by atoms with Crippen LogP contribution in [0.1, 0.15) is 27.2 Å². The molecule has 118 valence electrons. The lowest BCUT2D eigenvalue weighted by atomic mass is 10.0. The number of ether oxygens (including phenoxy) is 1. The third-order valence-corrected chi connectivity index (χ3v) is 4.20. The van der Waals surface area contributed by atoms with E-state index in [9.17, 15) is 0 Å². The van der Waals surface area contributed by atoms with Gasteiger partial charge in [0.15, 0.2) is 0 Å². The van der Waals surface area contributed by atoms with Crippen molar-refractivity contribution in [2.24, 2.45) is 0 Å². The average molecular weight is 294 g/mol. The van der Waals surface area contributed by atoms with Crippen molar-refractivity contribution < 1.29 is 4.74 Å². The normalized spacial score (nSPS) is 16.0. The number of morpholine rings is 1. The highest BCUT2D eigenvalue weighted by Crippen LogP contribution is 2.24. The summed E-state index contributed by atoms with van der Waals surface area (Å²) < 4.78 is 5.39. The Hall–Kier alpha value is -1.63. The zero-order valence-corrected chi connectivity index (χ0v) is 13.7. The predicted molar refractivity (Wildman–Crippen MR) is 85.2 cm³/mol. The number of hydrogen-bond donors (Lipinski definition) is 1. The van der Waals surface area contributed by atoms with Gasteiger partial charge in [-0.25, -0.2) is 0 Å². The highest BCUT2D eigenvalue weighted by atomic mass is 16.5. The summed E-state index contributed by atoms with van der Waals surface area (Å²) in [7, 11) is 3.86. The largest absolute Gasteiger partial charge is 0.378 e. The maximum Gasteiger partial charge on any atom is 0.232 e. The molecule has 1 aromatic heterocycles. The summed E-state index contributed by atoms with van der Waals surface area (Å²) in [6.45, 7) is 9.59. The molecule has 0 aliphatic carbocycles. The topological polar surface area (TPSA) is 66.4 Å². The van der Waals surface area contributed by atoms with E-state index in [1.54, 1.807) is 0 Å². The zero-order chi connectivity index (χ0) is 15.5. The summed E-state index contributed by atoms with van der Waals surface area (Å²) in [5.74, 6) is 2.01. The molecule has 1 N–H and O–H groups in total. The number of aromatic nitrogens is 3. The Kier molecular flexibility index (Phi) is 4.82. The van der Waals surface area contributed by atoms with Gasteiger partial charge in [0.25, 0.3) is 0 Å². The molecule has 1 fully saturated rings. The highest BCUT2D eigenvalue weighted by molar-refractivity contribution is 5.46. The molecular weight excluding hydrogens is 268 g/mol. The molecule has 7 nitrogen and oxygen atoms in total. The van der Waals surface area contributed by atoms with E-state index >= 15 is 0 Å². The van der Waals surface area contributed by atoms with Crippen molar-refractivity contribution >= 4 is 17.8 Å². The molecule has 1 saturated heterocycles. The molecule has 2 heterocycles. The summed E-state index contributed by atoms with van der Waals surface area (Å²) in [5, 5.41) is 3.02. The van der Waals surface area contributed by atoms with Crippen molar-refractivity contribution in [1.82, 2.24) is 15.0 Å². The molecule has 1 aliphatic rings. The molecule has 0 bridgehead atoms. The second kappa shape index (κ2) is 6.43. The Morgan fingerprint density at radius 1 is 1.24 bits per heavy atom. The second-order valence-corrected chi connectivity index (χ2v) is 5.83. The number of rotatable bonds is 5. The Bertz CT molecular complexity index is 473. The van der Waals surface area contributed by atoms with Crippen LogP contribution in [-0.4, -0.2) is 60.9 Å². The molecule has 1 aromatic rings. The monoisotopic (exact) mass is 294 g/mol. The van der Waals surface area contributed by atoms with E-state index in [-0.39, 0.29) is 5.54 Å². The lowest BCUT2D eigenvalue weighted by Crippen LogP contribution is -2.42. The summed E-state index contributed by atoms with van der Waals surface area (Å²) >= 11 is 0. The number of nitrogens with one attached hydrogen (secondary N) is 1. The molecule has 0 aromatic carbocycles. The number of hydrogen-bond acceptors (Lipinski definition) is 7. The molecule has 0 atom stereocenters. The van der Waals surface area contributed by atoms with Gasteiger partial charge in [-0.05, 0) is 20.3 Å².